The molecular formula is C11H19N3O6S. The number of carbonyl (C=O) groups excluding carboxylic acids is 1. The molecule has 21 heavy (non-hydrogen) atoms. The van der Waals surface area contributed by atoms with Crippen molar-refractivity contribution in [2.45, 2.75) is 11.9 Å². The second kappa shape index (κ2) is 8.08. The van der Waals surface area contributed by atoms with Gasteiger partial charge in [-0.25, -0.2) is 13.2 Å². The fourth-order valence-electron chi connectivity index (χ4n) is 1.61. The van der Waals surface area contributed by atoms with Gasteiger partial charge in [0, 0.05) is 20.2 Å². The van der Waals surface area contributed by atoms with Crippen molar-refractivity contribution in [3.63, 3.8) is 0 Å². The molecule has 0 aromatic carbocycles. The van der Waals surface area contributed by atoms with Gasteiger partial charge in [-0.05, 0) is 6.92 Å². The van der Waals surface area contributed by atoms with Crippen LogP contribution in [0.15, 0.2) is 11.2 Å². The molecule has 2 N–H and O–H groups in total. The first-order valence-corrected chi connectivity index (χ1v) is 7.73. The van der Waals surface area contributed by atoms with Crippen LogP contribution in [-0.2, 0) is 19.5 Å². The Bertz CT molecular complexity index is 556. The number of rotatable bonds is 9. The third kappa shape index (κ3) is 4.24. The maximum Gasteiger partial charge on any atom is 0.342 e. The summed E-state index contributed by atoms with van der Waals surface area (Å²) in [6, 6.07) is 0. The molecule has 0 radical (unpaired) electrons. The minimum atomic E-state index is -4.01. The van der Waals surface area contributed by atoms with E-state index in [-0.39, 0.29) is 43.5 Å². The standard InChI is InChI=1S/C11H19N3O6S/c1-3-20-11(16)9-8-12-13-10(9)21(17,18)14(4-6-15)5-7-19-2/h8,15H,3-7H2,1-2H3,(H,12,13). The first kappa shape index (κ1) is 17.6. The number of aliphatic hydroxyl groups excluding tert-OH is 1. The van der Waals surface area contributed by atoms with Crippen LogP contribution >= 0.6 is 0 Å². The minimum Gasteiger partial charge on any atom is -0.462 e. The zero-order valence-corrected chi connectivity index (χ0v) is 12.7. The summed E-state index contributed by atoms with van der Waals surface area (Å²) in [6.45, 7) is 1.46. The molecule has 10 heteroatoms. The van der Waals surface area contributed by atoms with Crippen LogP contribution in [0.2, 0.25) is 0 Å². The highest BCUT2D eigenvalue weighted by Crippen LogP contribution is 2.18. The fraction of sp³-hybridized carbons (Fsp3) is 0.636. The second-order valence-electron chi connectivity index (χ2n) is 3.95. The highest BCUT2D eigenvalue weighted by Gasteiger charge is 2.31. The molecule has 1 heterocycles. The van der Waals surface area contributed by atoms with E-state index < -0.39 is 16.0 Å². The quantitative estimate of drug-likeness (QED) is 0.572. The summed E-state index contributed by atoms with van der Waals surface area (Å²) in [5, 5.41) is 14.5. The molecule has 0 aliphatic rings. The lowest BCUT2D eigenvalue weighted by molar-refractivity contribution is 0.0521. The van der Waals surface area contributed by atoms with Gasteiger partial charge in [0.1, 0.15) is 5.56 Å². The predicted octanol–water partition coefficient (Wildman–Crippen LogP) is -0.784. The third-order valence-corrected chi connectivity index (χ3v) is 4.46. The SMILES string of the molecule is CCOC(=O)c1cn[nH]c1S(=O)(=O)N(CCO)CCOC. The Kier molecular flexibility index (Phi) is 6.75. The van der Waals surface area contributed by atoms with Crippen LogP contribution in [0.25, 0.3) is 0 Å². The predicted molar refractivity (Wildman–Crippen MR) is 72.3 cm³/mol. The number of aromatic amines is 1. The number of hydrogen-bond acceptors (Lipinski definition) is 7. The molecule has 0 amide bonds. The average molecular weight is 321 g/mol. The molecule has 0 spiro atoms. The van der Waals surface area contributed by atoms with Gasteiger partial charge < -0.3 is 14.6 Å². The van der Waals surface area contributed by atoms with Gasteiger partial charge in [-0.2, -0.15) is 9.40 Å². The number of hydrogen-bond donors (Lipinski definition) is 2. The van der Waals surface area contributed by atoms with Crippen molar-refractivity contribution in [1.29, 1.82) is 0 Å². The summed E-state index contributed by atoms with van der Waals surface area (Å²) >= 11 is 0. The van der Waals surface area contributed by atoms with E-state index in [4.69, 9.17) is 14.6 Å². The molecule has 0 bridgehead atoms. The van der Waals surface area contributed by atoms with Crippen molar-refractivity contribution in [2.24, 2.45) is 0 Å². The van der Waals surface area contributed by atoms with Crippen molar-refractivity contribution in [2.75, 3.05) is 40.0 Å². The number of H-pyrrole nitrogens is 1. The molecule has 0 aliphatic carbocycles. The van der Waals surface area contributed by atoms with E-state index in [0.29, 0.717) is 0 Å². The molecule has 0 unspecified atom stereocenters. The van der Waals surface area contributed by atoms with E-state index in [0.717, 1.165) is 10.5 Å². The first-order chi connectivity index (χ1) is 9.98. The minimum absolute atomic E-state index is 0.0423. The smallest absolute Gasteiger partial charge is 0.342 e. The number of carbonyl (C=O) groups is 1. The van der Waals surface area contributed by atoms with Crippen molar-refractivity contribution in [3.05, 3.63) is 11.8 Å². The largest absolute Gasteiger partial charge is 0.462 e. The van der Waals surface area contributed by atoms with E-state index in [9.17, 15) is 13.2 Å². The van der Waals surface area contributed by atoms with Crippen molar-refractivity contribution in [1.82, 2.24) is 14.5 Å². The van der Waals surface area contributed by atoms with Crippen LogP contribution in [0.5, 0.6) is 0 Å². The van der Waals surface area contributed by atoms with Gasteiger partial charge in [-0.3, -0.25) is 5.10 Å². The number of esters is 1. The molecule has 0 atom stereocenters. The molecular weight excluding hydrogens is 302 g/mol. The lowest BCUT2D eigenvalue weighted by Gasteiger charge is -2.20. The topological polar surface area (TPSA) is 122 Å². The van der Waals surface area contributed by atoms with Crippen LogP contribution in [0, 0.1) is 0 Å². The van der Waals surface area contributed by atoms with Gasteiger partial charge in [0.05, 0.1) is 26.0 Å². The molecule has 1 aromatic rings. The van der Waals surface area contributed by atoms with Crippen LogP contribution in [-0.4, -0.2) is 74.0 Å². The van der Waals surface area contributed by atoms with Gasteiger partial charge >= 0.3 is 5.97 Å². The lowest BCUT2D eigenvalue weighted by Crippen LogP contribution is -2.37. The van der Waals surface area contributed by atoms with Gasteiger partial charge in [0.15, 0.2) is 5.03 Å². The summed E-state index contributed by atoms with van der Waals surface area (Å²) in [5.41, 5.74) is -0.169. The van der Waals surface area contributed by atoms with Gasteiger partial charge in [-0.15, -0.1) is 0 Å². The third-order valence-electron chi connectivity index (χ3n) is 2.59. The molecule has 120 valence electrons. The summed E-state index contributed by atoms with van der Waals surface area (Å²) in [7, 11) is -2.58. The Labute approximate surface area is 122 Å². The van der Waals surface area contributed by atoms with E-state index in [1.807, 2.05) is 0 Å². The number of aromatic nitrogens is 2. The fourth-order valence-corrected chi connectivity index (χ4v) is 3.09. The summed E-state index contributed by atoms with van der Waals surface area (Å²) in [5.74, 6) is -0.777. The monoisotopic (exact) mass is 321 g/mol. The Morgan fingerprint density at radius 3 is 2.76 bits per heavy atom. The summed E-state index contributed by atoms with van der Waals surface area (Å²) < 4.78 is 35.6. The number of sulfonamides is 1. The van der Waals surface area contributed by atoms with E-state index in [2.05, 4.69) is 10.2 Å². The molecule has 0 aliphatic heterocycles. The van der Waals surface area contributed by atoms with Crippen molar-refractivity contribution >= 4 is 16.0 Å². The molecule has 0 fully saturated rings. The Morgan fingerprint density at radius 1 is 1.48 bits per heavy atom. The normalized spacial score (nSPS) is 11.8. The zero-order chi connectivity index (χ0) is 15.9. The number of nitrogens with one attached hydrogen (secondary N) is 1. The number of ether oxygens (including phenoxy) is 2. The molecule has 9 nitrogen and oxygen atoms in total. The van der Waals surface area contributed by atoms with Crippen molar-refractivity contribution in [3.8, 4) is 0 Å². The molecule has 0 saturated carbocycles. The summed E-state index contributed by atoms with van der Waals surface area (Å²) in [6.07, 6.45) is 1.10. The van der Waals surface area contributed by atoms with Crippen LogP contribution in [0.1, 0.15) is 17.3 Å². The Hall–Kier alpha value is -1.49. The van der Waals surface area contributed by atoms with E-state index >= 15 is 0 Å². The average Bonchev–Trinajstić information content (AvgIpc) is 2.93. The number of nitrogens with zero attached hydrogens (tertiary/aromatic N) is 2. The molecule has 1 rings (SSSR count). The number of methoxy groups -OCH3 is 1. The van der Waals surface area contributed by atoms with Crippen LogP contribution in [0.3, 0.4) is 0 Å². The molecule has 0 saturated heterocycles. The summed E-state index contributed by atoms with van der Waals surface area (Å²) in [4.78, 5) is 11.7. The zero-order valence-electron chi connectivity index (χ0n) is 11.9. The highest BCUT2D eigenvalue weighted by atomic mass is 32.2. The lowest BCUT2D eigenvalue weighted by atomic mass is 10.4. The van der Waals surface area contributed by atoms with E-state index in [1.54, 1.807) is 6.92 Å². The van der Waals surface area contributed by atoms with Gasteiger partial charge in [0.25, 0.3) is 10.0 Å². The van der Waals surface area contributed by atoms with Crippen LogP contribution in [0.4, 0.5) is 0 Å². The highest BCUT2D eigenvalue weighted by molar-refractivity contribution is 7.89. The maximum absolute atomic E-state index is 12.5. The second-order valence-corrected chi connectivity index (χ2v) is 5.83. The molecule has 1 aromatic heterocycles. The Morgan fingerprint density at radius 2 is 2.19 bits per heavy atom. The van der Waals surface area contributed by atoms with Crippen molar-refractivity contribution < 1.29 is 27.8 Å². The van der Waals surface area contributed by atoms with Gasteiger partial charge in [-0.1, -0.05) is 0 Å². The Balaban J connectivity index is 3.10. The number of aliphatic hydroxyl groups is 1. The van der Waals surface area contributed by atoms with E-state index in [1.165, 1.54) is 7.11 Å². The van der Waals surface area contributed by atoms with Gasteiger partial charge in [0.2, 0.25) is 0 Å². The maximum atomic E-state index is 12.5. The van der Waals surface area contributed by atoms with Crippen LogP contribution < -0.4 is 0 Å². The first-order valence-electron chi connectivity index (χ1n) is 6.29.